The highest BCUT2D eigenvalue weighted by Gasteiger charge is 2.31. The molecule has 0 saturated carbocycles. The third-order valence-corrected chi connectivity index (χ3v) is 0.798. The summed E-state index contributed by atoms with van der Waals surface area (Å²) in [5.74, 6) is -5.04. The van der Waals surface area contributed by atoms with E-state index in [4.69, 9.17) is 0 Å². The van der Waals surface area contributed by atoms with Gasteiger partial charge in [-0.15, -0.1) is 6.58 Å². The number of rotatable bonds is 3. The second-order valence-corrected chi connectivity index (χ2v) is 1.60. The van der Waals surface area contributed by atoms with Crippen LogP contribution in [0.5, 0.6) is 0 Å². The van der Waals surface area contributed by atoms with Crippen LogP contribution in [-0.4, -0.2) is 5.92 Å². The van der Waals surface area contributed by atoms with Crippen molar-refractivity contribution in [3.8, 4) is 0 Å². The highest BCUT2D eigenvalue weighted by atomic mass is 19.3. The normalized spacial score (nSPS) is 11.0. The van der Waals surface area contributed by atoms with E-state index in [1.807, 2.05) is 0 Å². The Labute approximate surface area is 51.7 Å². The second-order valence-electron chi connectivity index (χ2n) is 1.60. The van der Waals surface area contributed by atoms with Crippen LogP contribution in [0, 0.1) is 0 Å². The molecule has 0 fully saturated rings. The van der Waals surface area contributed by atoms with Crippen LogP contribution in [0.15, 0.2) is 25.1 Å². The number of allylic oxidation sites excluding steroid dienone is 2. The van der Waals surface area contributed by atoms with Crippen LogP contribution in [0.1, 0.15) is 6.42 Å². The van der Waals surface area contributed by atoms with Crippen molar-refractivity contribution in [2.75, 3.05) is 0 Å². The van der Waals surface area contributed by atoms with Gasteiger partial charge in [-0.3, -0.25) is 0 Å². The van der Waals surface area contributed by atoms with Crippen molar-refractivity contribution in [2.24, 2.45) is 0 Å². The molecule has 0 aliphatic rings. The molecular formula is C6H7F3. The van der Waals surface area contributed by atoms with Crippen LogP contribution < -0.4 is 0 Å². The quantitative estimate of drug-likeness (QED) is 0.523. The molecular weight excluding hydrogens is 129 g/mol. The van der Waals surface area contributed by atoms with E-state index in [9.17, 15) is 13.2 Å². The Hall–Kier alpha value is -0.730. The molecule has 0 aromatic carbocycles. The summed E-state index contributed by atoms with van der Waals surface area (Å²) in [7, 11) is 0. The Morgan fingerprint density at radius 2 is 2.00 bits per heavy atom. The molecule has 0 aromatic rings. The third kappa shape index (κ3) is 2.35. The molecule has 52 valence electrons. The van der Waals surface area contributed by atoms with Gasteiger partial charge in [-0.05, 0) is 0 Å². The van der Waals surface area contributed by atoms with Crippen LogP contribution in [0.2, 0.25) is 0 Å². The van der Waals surface area contributed by atoms with Crippen molar-refractivity contribution in [3.63, 3.8) is 0 Å². The van der Waals surface area contributed by atoms with Gasteiger partial charge in [0.25, 0.3) is 0 Å². The molecule has 0 rings (SSSR count). The summed E-state index contributed by atoms with van der Waals surface area (Å²) in [6.45, 7) is 5.52. The minimum absolute atomic E-state index is 0.692. The lowest BCUT2D eigenvalue weighted by Gasteiger charge is -2.08. The van der Waals surface area contributed by atoms with E-state index < -0.39 is 18.2 Å². The van der Waals surface area contributed by atoms with Crippen molar-refractivity contribution >= 4 is 0 Å². The number of hydrogen-bond donors (Lipinski definition) is 0. The van der Waals surface area contributed by atoms with Gasteiger partial charge >= 0.3 is 5.92 Å². The van der Waals surface area contributed by atoms with Crippen molar-refractivity contribution in [2.45, 2.75) is 12.3 Å². The van der Waals surface area contributed by atoms with Gasteiger partial charge in [0.15, 0.2) is 5.83 Å². The van der Waals surface area contributed by atoms with Gasteiger partial charge in [-0.25, -0.2) is 4.39 Å². The van der Waals surface area contributed by atoms with Gasteiger partial charge in [0.05, 0.1) is 0 Å². The van der Waals surface area contributed by atoms with Crippen LogP contribution in [0.3, 0.4) is 0 Å². The molecule has 0 bridgehead atoms. The zero-order valence-corrected chi connectivity index (χ0v) is 4.83. The van der Waals surface area contributed by atoms with Gasteiger partial charge in [0.2, 0.25) is 0 Å². The largest absolute Gasteiger partial charge is 0.301 e. The SMILES string of the molecule is C=CCC(F)(F)C(=C)F. The summed E-state index contributed by atoms with van der Waals surface area (Å²) in [6, 6.07) is 0. The average molecular weight is 136 g/mol. The number of halogens is 3. The summed E-state index contributed by atoms with van der Waals surface area (Å²) in [6.07, 6.45) is 0.257. The fourth-order valence-corrected chi connectivity index (χ4v) is 0.292. The summed E-state index contributed by atoms with van der Waals surface area (Å²) in [5.41, 5.74) is 0. The van der Waals surface area contributed by atoms with Gasteiger partial charge in [-0.1, -0.05) is 12.7 Å². The van der Waals surface area contributed by atoms with E-state index in [0.29, 0.717) is 0 Å². The van der Waals surface area contributed by atoms with Gasteiger partial charge in [-0.2, -0.15) is 8.78 Å². The fourth-order valence-electron chi connectivity index (χ4n) is 0.292. The Balaban J connectivity index is 4.00. The van der Waals surface area contributed by atoms with E-state index in [1.54, 1.807) is 0 Å². The summed E-state index contributed by atoms with van der Waals surface area (Å²) in [4.78, 5) is 0. The Morgan fingerprint density at radius 1 is 1.56 bits per heavy atom. The maximum absolute atomic E-state index is 12.0. The lowest BCUT2D eigenvalue weighted by molar-refractivity contribution is 0.0223. The lowest BCUT2D eigenvalue weighted by atomic mass is 10.2. The third-order valence-electron chi connectivity index (χ3n) is 0.798. The van der Waals surface area contributed by atoms with E-state index in [0.717, 1.165) is 6.08 Å². The minimum Gasteiger partial charge on any atom is -0.206 e. The molecule has 9 heavy (non-hydrogen) atoms. The van der Waals surface area contributed by atoms with Crippen LogP contribution in [-0.2, 0) is 0 Å². The van der Waals surface area contributed by atoms with Crippen molar-refractivity contribution in [3.05, 3.63) is 25.1 Å². The molecule has 0 radical (unpaired) electrons. The van der Waals surface area contributed by atoms with Crippen molar-refractivity contribution in [1.29, 1.82) is 0 Å². The molecule has 0 nitrogen and oxygen atoms in total. The van der Waals surface area contributed by atoms with Gasteiger partial charge in [0.1, 0.15) is 0 Å². The minimum atomic E-state index is -3.43. The molecule has 0 unspecified atom stereocenters. The first kappa shape index (κ1) is 8.27. The first-order valence-corrected chi connectivity index (χ1v) is 2.34. The second kappa shape index (κ2) is 2.71. The maximum atomic E-state index is 12.0. The highest BCUT2D eigenvalue weighted by Crippen LogP contribution is 2.27. The predicted octanol–water partition coefficient (Wildman–Crippen LogP) is 2.68. The van der Waals surface area contributed by atoms with E-state index in [2.05, 4.69) is 13.2 Å². The van der Waals surface area contributed by atoms with Gasteiger partial charge < -0.3 is 0 Å². The molecule has 0 atom stereocenters. The molecule has 0 N–H and O–H groups in total. The zero-order chi connectivity index (χ0) is 7.49. The molecule has 0 aliphatic carbocycles. The van der Waals surface area contributed by atoms with E-state index in [1.165, 1.54) is 0 Å². The van der Waals surface area contributed by atoms with Crippen molar-refractivity contribution < 1.29 is 13.2 Å². The highest BCUT2D eigenvalue weighted by molar-refractivity contribution is 5.00. The molecule has 0 saturated heterocycles. The van der Waals surface area contributed by atoms with Crippen LogP contribution in [0.25, 0.3) is 0 Å². The van der Waals surface area contributed by atoms with E-state index >= 15 is 0 Å². The Morgan fingerprint density at radius 3 is 2.11 bits per heavy atom. The molecule has 0 aliphatic heterocycles. The zero-order valence-electron chi connectivity index (χ0n) is 4.83. The summed E-state index contributed by atoms with van der Waals surface area (Å²) >= 11 is 0. The molecule has 0 heterocycles. The summed E-state index contributed by atoms with van der Waals surface area (Å²) in [5, 5.41) is 0. The first-order chi connectivity index (χ1) is 4.00. The monoisotopic (exact) mass is 136 g/mol. The predicted molar refractivity (Wildman–Crippen MR) is 30.0 cm³/mol. The van der Waals surface area contributed by atoms with Crippen LogP contribution >= 0.6 is 0 Å². The Kier molecular flexibility index (Phi) is 2.49. The molecule has 0 spiro atoms. The maximum Gasteiger partial charge on any atom is 0.301 e. The fraction of sp³-hybridized carbons (Fsp3) is 0.333. The molecule has 0 amide bonds. The van der Waals surface area contributed by atoms with Gasteiger partial charge in [0, 0.05) is 6.42 Å². The number of alkyl halides is 2. The standard InChI is InChI=1S/C6H7F3/c1-3-4-6(8,9)5(2)7/h3H,1-2,4H2. The van der Waals surface area contributed by atoms with E-state index in [-0.39, 0.29) is 0 Å². The lowest BCUT2D eigenvalue weighted by Crippen LogP contribution is -2.14. The summed E-state index contributed by atoms with van der Waals surface area (Å²) < 4.78 is 35.7. The smallest absolute Gasteiger partial charge is 0.206 e. The number of hydrogen-bond acceptors (Lipinski definition) is 0. The molecule has 3 heteroatoms. The van der Waals surface area contributed by atoms with Crippen molar-refractivity contribution in [1.82, 2.24) is 0 Å². The van der Waals surface area contributed by atoms with Crippen LogP contribution in [0.4, 0.5) is 13.2 Å². The Bertz CT molecular complexity index is 126. The molecule has 0 aromatic heterocycles. The first-order valence-electron chi connectivity index (χ1n) is 2.34. The average Bonchev–Trinajstić information content (AvgIpc) is 1.65. The topological polar surface area (TPSA) is 0 Å².